The minimum atomic E-state index is 0.132. The summed E-state index contributed by atoms with van der Waals surface area (Å²) in [4.78, 5) is 17.1. The number of carbonyl (C=O) groups is 1. The maximum absolute atomic E-state index is 13.0. The van der Waals surface area contributed by atoms with E-state index in [9.17, 15) is 4.79 Å². The lowest BCUT2D eigenvalue weighted by molar-refractivity contribution is 0.102. The zero-order chi connectivity index (χ0) is 21.8. The number of pyridine rings is 1. The molecule has 0 spiro atoms. The minimum absolute atomic E-state index is 0.132. The highest BCUT2D eigenvalue weighted by molar-refractivity contribution is 7.99. The monoisotopic (exact) mass is 435 g/mol. The van der Waals surface area contributed by atoms with E-state index in [-0.39, 0.29) is 5.78 Å². The highest BCUT2D eigenvalue weighted by atomic mass is 32.2. The van der Waals surface area contributed by atoms with Gasteiger partial charge in [0.25, 0.3) is 0 Å². The van der Waals surface area contributed by atoms with Crippen LogP contribution in [0.5, 0.6) is 0 Å². The number of aromatic nitrogens is 5. The Morgan fingerprint density at radius 2 is 2.10 bits per heavy atom. The summed E-state index contributed by atoms with van der Waals surface area (Å²) >= 11 is 1.43. The average molecular weight is 436 g/mol. The van der Waals surface area contributed by atoms with Gasteiger partial charge in [-0.15, -0.1) is 10.2 Å². The van der Waals surface area contributed by atoms with Gasteiger partial charge in [0, 0.05) is 48.5 Å². The molecule has 7 heteroatoms. The molecule has 0 saturated heterocycles. The van der Waals surface area contributed by atoms with Crippen molar-refractivity contribution in [1.29, 1.82) is 0 Å². The molecule has 0 saturated carbocycles. The molecule has 0 amide bonds. The van der Waals surface area contributed by atoms with E-state index in [4.69, 9.17) is 0 Å². The molecule has 1 aliphatic rings. The molecule has 0 N–H and O–H groups in total. The van der Waals surface area contributed by atoms with Gasteiger partial charge in [-0.2, -0.15) is 0 Å². The summed E-state index contributed by atoms with van der Waals surface area (Å²) in [5.74, 6) is 1.22. The highest BCUT2D eigenvalue weighted by Crippen LogP contribution is 2.25. The summed E-state index contributed by atoms with van der Waals surface area (Å²) in [7, 11) is 1.92. The highest BCUT2D eigenvalue weighted by Gasteiger charge is 2.18. The fourth-order valence-corrected chi connectivity index (χ4v) is 5.00. The second kappa shape index (κ2) is 9.64. The van der Waals surface area contributed by atoms with Gasteiger partial charge in [-0.25, -0.2) is 0 Å². The van der Waals surface area contributed by atoms with Crippen molar-refractivity contribution in [2.45, 2.75) is 57.7 Å². The van der Waals surface area contributed by atoms with Crippen molar-refractivity contribution in [1.82, 2.24) is 24.3 Å². The number of hydrogen-bond donors (Lipinski definition) is 0. The Morgan fingerprint density at radius 1 is 1.23 bits per heavy atom. The number of carbonyl (C=O) groups excluding carboxylic acids is 1. The first-order valence-corrected chi connectivity index (χ1v) is 11.8. The molecule has 3 aromatic heterocycles. The molecule has 1 aliphatic carbocycles. The van der Waals surface area contributed by atoms with Crippen molar-refractivity contribution in [2.75, 3.05) is 5.75 Å². The van der Waals surface area contributed by atoms with Crippen LogP contribution in [-0.2, 0) is 13.6 Å². The van der Waals surface area contributed by atoms with Gasteiger partial charge in [-0.1, -0.05) is 23.4 Å². The van der Waals surface area contributed by atoms with Crippen LogP contribution in [0.25, 0.3) is 11.4 Å². The Bertz CT molecular complexity index is 1100. The van der Waals surface area contributed by atoms with Gasteiger partial charge in [0.1, 0.15) is 0 Å². The molecule has 0 aromatic carbocycles. The second-order valence-electron chi connectivity index (χ2n) is 8.11. The lowest BCUT2D eigenvalue weighted by Crippen LogP contribution is -2.08. The summed E-state index contributed by atoms with van der Waals surface area (Å²) in [6.45, 7) is 5.10. The molecular formula is C24H29N5OS. The fourth-order valence-electron chi connectivity index (χ4n) is 4.21. The van der Waals surface area contributed by atoms with Crippen LogP contribution in [-0.4, -0.2) is 35.9 Å². The summed E-state index contributed by atoms with van der Waals surface area (Å²) in [5, 5.41) is 9.27. The number of nitrogens with zero attached hydrogens (tertiary/aromatic N) is 5. The van der Waals surface area contributed by atoms with Crippen LogP contribution < -0.4 is 0 Å². The molecule has 0 radical (unpaired) electrons. The third kappa shape index (κ3) is 4.82. The zero-order valence-electron chi connectivity index (χ0n) is 18.5. The van der Waals surface area contributed by atoms with Crippen LogP contribution in [0.1, 0.15) is 53.8 Å². The van der Waals surface area contributed by atoms with Crippen molar-refractivity contribution in [2.24, 2.45) is 7.05 Å². The van der Waals surface area contributed by atoms with Crippen molar-refractivity contribution in [3.63, 3.8) is 0 Å². The SMILES string of the molecule is Cc1cc(C(=O)CSc2nnc(-c3cccnc3)n2C)c(C)n1CCC1=CCCCC1. The summed E-state index contributed by atoms with van der Waals surface area (Å²) in [6, 6.07) is 5.86. The third-order valence-corrected chi connectivity index (χ3v) is 7.02. The first-order valence-electron chi connectivity index (χ1n) is 10.8. The maximum atomic E-state index is 13.0. The summed E-state index contributed by atoms with van der Waals surface area (Å²) in [5.41, 5.74) is 5.51. The molecule has 0 aliphatic heterocycles. The normalized spacial score (nSPS) is 14.0. The molecule has 0 bridgehead atoms. The lowest BCUT2D eigenvalue weighted by Gasteiger charge is -2.15. The molecule has 6 nitrogen and oxygen atoms in total. The average Bonchev–Trinajstić information content (AvgIpc) is 3.30. The summed E-state index contributed by atoms with van der Waals surface area (Å²) in [6.07, 6.45) is 12.0. The molecule has 3 aromatic rings. The lowest BCUT2D eigenvalue weighted by atomic mass is 9.97. The Kier molecular flexibility index (Phi) is 6.70. The van der Waals surface area contributed by atoms with Gasteiger partial charge in [-0.05, 0) is 64.2 Å². The van der Waals surface area contributed by atoms with Gasteiger partial charge >= 0.3 is 0 Å². The van der Waals surface area contributed by atoms with Gasteiger partial charge in [0.2, 0.25) is 0 Å². The molecule has 0 fully saturated rings. The number of Topliss-reactive ketones (excluding diaryl/α,β-unsaturated/α-hetero) is 1. The van der Waals surface area contributed by atoms with Gasteiger partial charge < -0.3 is 9.13 Å². The van der Waals surface area contributed by atoms with E-state index in [2.05, 4.69) is 39.7 Å². The Hall–Kier alpha value is -2.67. The van der Waals surface area contributed by atoms with Gasteiger partial charge in [0.15, 0.2) is 16.8 Å². The van der Waals surface area contributed by atoms with Gasteiger partial charge in [-0.3, -0.25) is 9.78 Å². The summed E-state index contributed by atoms with van der Waals surface area (Å²) < 4.78 is 4.20. The second-order valence-corrected chi connectivity index (χ2v) is 9.06. The number of ketones is 1. The molecule has 3 heterocycles. The van der Waals surface area contributed by atoms with E-state index in [0.29, 0.717) is 5.75 Å². The Balaban J connectivity index is 1.41. The van der Waals surface area contributed by atoms with Crippen LogP contribution in [0.4, 0.5) is 0 Å². The minimum Gasteiger partial charge on any atom is -0.348 e. The van der Waals surface area contributed by atoms with E-state index in [0.717, 1.165) is 46.5 Å². The Morgan fingerprint density at radius 3 is 2.84 bits per heavy atom. The van der Waals surface area contributed by atoms with E-state index in [1.807, 2.05) is 29.8 Å². The molecule has 162 valence electrons. The fraction of sp³-hybridized carbons (Fsp3) is 0.417. The third-order valence-electron chi connectivity index (χ3n) is 6.00. The predicted molar refractivity (Wildman–Crippen MR) is 124 cm³/mol. The van der Waals surface area contributed by atoms with Crippen molar-refractivity contribution < 1.29 is 4.79 Å². The van der Waals surface area contributed by atoms with E-state index < -0.39 is 0 Å². The first kappa shape index (κ1) is 21.6. The van der Waals surface area contributed by atoms with E-state index in [1.165, 1.54) is 37.4 Å². The standard InChI is InChI=1S/C24H29N5OS/c1-17-14-21(18(2)29(17)13-11-19-8-5-4-6-9-19)22(30)16-31-24-27-26-23(28(24)3)20-10-7-12-25-15-20/h7-8,10,12,14-15H,4-6,9,11,13,16H2,1-3H3. The number of allylic oxidation sites excluding steroid dienone is 2. The number of hydrogen-bond acceptors (Lipinski definition) is 5. The molecule has 31 heavy (non-hydrogen) atoms. The number of rotatable bonds is 8. The van der Waals surface area contributed by atoms with Crippen LogP contribution in [0, 0.1) is 13.8 Å². The van der Waals surface area contributed by atoms with Crippen LogP contribution in [0.15, 0.2) is 47.4 Å². The largest absolute Gasteiger partial charge is 0.348 e. The van der Waals surface area contributed by atoms with Crippen molar-refractivity contribution >= 4 is 17.5 Å². The molecular weight excluding hydrogens is 406 g/mol. The van der Waals surface area contributed by atoms with E-state index >= 15 is 0 Å². The smallest absolute Gasteiger partial charge is 0.191 e. The molecule has 0 unspecified atom stereocenters. The maximum Gasteiger partial charge on any atom is 0.191 e. The van der Waals surface area contributed by atoms with Crippen LogP contribution >= 0.6 is 11.8 Å². The van der Waals surface area contributed by atoms with E-state index in [1.54, 1.807) is 18.0 Å². The molecule has 4 rings (SSSR count). The Labute approximate surface area is 187 Å². The van der Waals surface area contributed by atoms with Crippen molar-refractivity contribution in [3.8, 4) is 11.4 Å². The first-order chi connectivity index (χ1) is 15.0. The number of thioether (sulfide) groups is 1. The quantitative estimate of drug-likeness (QED) is 0.278. The number of aryl methyl sites for hydroxylation is 1. The van der Waals surface area contributed by atoms with Gasteiger partial charge in [0.05, 0.1) is 5.75 Å². The zero-order valence-corrected chi connectivity index (χ0v) is 19.3. The van der Waals surface area contributed by atoms with Crippen LogP contribution in [0.2, 0.25) is 0 Å². The predicted octanol–water partition coefficient (Wildman–Crippen LogP) is 5.16. The van der Waals surface area contributed by atoms with Crippen LogP contribution in [0.3, 0.4) is 0 Å². The molecule has 0 atom stereocenters. The topological polar surface area (TPSA) is 65.6 Å². The van der Waals surface area contributed by atoms with Crippen molar-refractivity contribution in [3.05, 3.63) is 59.2 Å².